The van der Waals surface area contributed by atoms with E-state index in [2.05, 4.69) is 12.2 Å². The van der Waals surface area contributed by atoms with Crippen molar-refractivity contribution in [2.24, 2.45) is 5.92 Å². The third-order valence-electron chi connectivity index (χ3n) is 3.49. The van der Waals surface area contributed by atoms with Crippen LogP contribution in [0.5, 0.6) is 0 Å². The number of aliphatic hydroxyl groups is 1. The molecule has 21 heavy (non-hydrogen) atoms. The van der Waals surface area contributed by atoms with E-state index in [0.717, 1.165) is 18.2 Å². The topological polar surface area (TPSA) is 62.5 Å². The average Bonchev–Trinajstić information content (AvgIpc) is 2.88. The van der Waals surface area contributed by atoms with Crippen LogP contribution in [0, 0.1) is 5.92 Å². The van der Waals surface area contributed by atoms with Crippen LogP contribution in [0.3, 0.4) is 0 Å². The SMILES string of the molecule is CCCC(CCO)CNC(=O)c1cc2cc(Cl)ccc2o1. The van der Waals surface area contributed by atoms with Crippen LogP contribution in [0.1, 0.15) is 36.7 Å². The second kappa shape index (κ2) is 7.48. The molecule has 0 spiro atoms. The number of furan rings is 1. The number of carbonyl (C=O) groups excluding carboxylic acids is 1. The van der Waals surface area contributed by atoms with Gasteiger partial charge in [-0.05, 0) is 43.0 Å². The quantitative estimate of drug-likeness (QED) is 0.821. The zero-order valence-electron chi connectivity index (χ0n) is 12.1. The standard InChI is InChI=1S/C16H20ClNO3/c1-2-3-11(6-7-19)10-18-16(20)15-9-12-8-13(17)4-5-14(12)21-15/h4-5,8-9,11,19H,2-3,6-7,10H2,1H3,(H,18,20). The zero-order chi connectivity index (χ0) is 15.2. The summed E-state index contributed by atoms with van der Waals surface area (Å²) in [6, 6.07) is 6.94. The maximum absolute atomic E-state index is 12.1. The maximum Gasteiger partial charge on any atom is 0.287 e. The van der Waals surface area contributed by atoms with E-state index in [1.165, 1.54) is 0 Å². The number of fused-ring (bicyclic) bond motifs is 1. The second-order valence-corrected chi connectivity index (χ2v) is 5.61. The van der Waals surface area contributed by atoms with Gasteiger partial charge in [-0.25, -0.2) is 0 Å². The number of rotatable bonds is 7. The van der Waals surface area contributed by atoms with Crippen LogP contribution >= 0.6 is 11.6 Å². The highest BCUT2D eigenvalue weighted by atomic mass is 35.5. The van der Waals surface area contributed by atoms with Gasteiger partial charge < -0.3 is 14.8 Å². The maximum atomic E-state index is 12.1. The Morgan fingerprint density at radius 2 is 2.19 bits per heavy atom. The first-order valence-electron chi connectivity index (χ1n) is 7.22. The zero-order valence-corrected chi connectivity index (χ0v) is 12.8. The number of aliphatic hydroxyl groups excluding tert-OH is 1. The summed E-state index contributed by atoms with van der Waals surface area (Å²) in [4.78, 5) is 12.1. The molecular formula is C16H20ClNO3. The Labute approximate surface area is 129 Å². The molecule has 2 N–H and O–H groups in total. The molecule has 2 rings (SSSR count). The number of benzene rings is 1. The number of hydrogen-bond donors (Lipinski definition) is 2. The molecule has 1 aromatic carbocycles. The predicted octanol–water partition coefficient (Wildman–Crippen LogP) is 3.61. The molecule has 1 aromatic heterocycles. The minimum Gasteiger partial charge on any atom is -0.451 e. The number of halogens is 1. The Bertz CT molecular complexity index is 603. The highest BCUT2D eigenvalue weighted by Gasteiger charge is 2.14. The van der Waals surface area contributed by atoms with Gasteiger partial charge in [-0.15, -0.1) is 0 Å². The van der Waals surface area contributed by atoms with Crippen molar-refractivity contribution in [2.45, 2.75) is 26.2 Å². The van der Waals surface area contributed by atoms with Gasteiger partial charge in [0.2, 0.25) is 0 Å². The third kappa shape index (κ3) is 4.22. The molecule has 1 atom stereocenters. The van der Waals surface area contributed by atoms with Gasteiger partial charge in [0, 0.05) is 23.6 Å². The molecule has 0 saturated carbocycles. The van der Waals surface area contributed by atoms with Crippen molar-refractivity contribution in [1.82, 2.24) is 5.32 Å². The molecular weight excluding hydrogens is 290 g/mol. The molecule has 0 saturated heterocycles. The van der Waals surface area contributed by atoms with Crippen LogP contribution in [-0.4, -0.2) is 24.2 Å². The first kappa shape index (κ1) is 15.9. The van der Waals surface area contributed by atoms with Crippen LogP contribution in [0.4, 0.5) is 0 Å². The summed E-state index contributed by atoms with van der Waals surface area (Å²) in [7, 11) is 0. The summed E-state index contributed by atoms with van der Waals surface area (Å²) in [5, 5.41) is 13.3. The Hall–Kier alpha value is -1.52. The van der Waals surface area contributed by atoms with Crippen molar-refractivity contribution in [3.05, 3.63) is 35.0 Å². The van der Waals surface area contributed by atoms with Gasteiger partial charge in [0.1, 0.15) is 5.58 Å². The normalized spacial score (nSPS) is 12.5. The summed E-state index contributed by atoms with van der Waals surface area (Å²) in [6.45, 7) is 2.78. The molecule has 1 amide bonds. The number of amides is 1. The monoisotopic (exact) mass is 309 g/mol. The van der Waals surface area contributed by atoms with Gasteiger partial charge in [-0.1, -0.05) is 24.9 Å². The van der Waals surface area contributed by atoms with Crippen LogP contribution in [0.25, 0.3) is 11.0 Å². The Balaban J connectivity index is 2.01. The first-order chi connectivity index (χ1) is 10.1. The molecule has 1 unspecified atom stereocenters. The lowest BCUT2D eigenvalue weighted by molar-refractivity contribution is 0.0917. The third-order valence-corrected chi connectivity index (χ3v) is 3.72. The summed E-state index contributed by atoms with van der Waals surface area (Å²) in [6.07, 6.45) is 2.71. The summed E-state index contributed by atoms with van der Waals surface area (Å²) in [5.41, 5.74) is 0.644. The molecule has 4 nitrogen and oxygen atoms in total. The van der Waals surface area contributed by atoms with Crippen molar-refractivity contribution in [3.8, 4) is 0 Å². The van der Waals surface area contributed by atoms with E-state index in [-0.39, 0.29) is 18.3 Å². The predicted molar refractivity (Wildman–Crippen MR) is 83.7 cm³/mol. The molecule has 0 aliphatic rings. The second-order valence-electron chi connectivity index (χ2n) is 5.17. The molecule has 0 bridgehead atoms. The molecule has 0 aliphatic carbocycles. The van der Waals surface area contributed by atoms with Crippen LogP contribution in [0.2, 0.25) is 5.02 Å². The van der Waals surface area contributed by atoms with E-state index in [1.54, 1.807) is 24.3 Å². The lowest BCUT2D eigenvalue weighted by atomic mass is 10.0. The Morgan fingerprint density at radius 1 is 1.38 bits per heavy atom. The van der Waals surface area contributed by atoms with Gasteiger partial charge in [0.25, 0.3) is 5.91 Å². The smallest absolute Gasteiger partial charge is 0.287 e. The van der Waals surface area contributed by atoms with E-state index in [0.29, 0.717) is 29.5 Å². The van der Waals surface area contributed by atoms with Gasteiger partial charge >= 0.3 is 0 Å². The lowest BCUT2D eigenvalue weighted by Gasteiger charge is -2.14. The molecule has 5 heteroatoms. The van der Waals surface area contributed by atoms with E-state index >= 15 is 0 Å². The Kier molecular flexibility index (Phi) is 5.65. The van der Waals surface area contributed by atoms with E-state index in [9.17, 15) is 4.79 Å². The Morgan fingerprint density at radius 3 is 2.90 bits per heavy atom. The molecule has 2 aromatic rings. The fraction of sp³-hybridized carbons (Fsp3) is 0.438. The van der Waals surface area contributed by atoms with E-state index in [1.807, 2.05) is 0 Å². The van der Waals surface area contributed by atoms with Crippen LogP contribution in [-0.2, 0) is 0 Å². The lowest BCUT2D eigenvalue weighted by Crippen LogP contribution is -2.29. The average molecular weight is 310 g/mol. The molecule has 0 aliphatic heterocycles. The van der Waals surface area contributed by atoms with E-state index in [4.69, 9.17) is 21.1 Å². The highest BCUT2D eigenvalue weighted by Crippen LogP contribution is 2.23. The first-order valence-corrected chi connectivity index (χ1v) is 7.60. The fourth-order valence-electron chi connectivity index (χ4n) is 2.39. The van der Waals surface area contributed by atoms with Crippen molar-refractivity contribution in [3.63, 3.8) is 0 Å². The van der Waals surface area contributed by atoms with Crippen LogP contribution in [0.15, 0.2) is 28.7 Å². The van der Waals surface area contributed by atoms with Gasteiger partial charge in [0.05, 0.1) is 0 Å². The summed E-state index contributed by atoms with van der Waals surface area (Å²) < 4.78 is 5.52. The largest absolute Gasteiger partial charge is 0.451 e. The van der Waals surface area contributed by atoms with Gasteiger partial charge in [-0.2, -0.15) is 0 Å². The number of carbonyl (C=O) groups is 1. The molecule has 0 radical (unpaired) electrons. The minimum absolute atomic E-state index is 0.143. The van der Waals surface area contributed by atoms with Crippen molar-refractivity contribution in [1.29, 1.82) is 0 Å². The van der Waals surface area contributed by atoms with Crippen molar-refractivity contribution < 1.29 is 14.3 Å². The van der Waals surface area contributed by atoms with Crippen molar-refractivity contribution in [2.75, 3.05) is 13.2 Å². The van der Waals surface area contributed by atoms with Gasteiger partial charge in [-0.3, -0.25) is 4.79 Å². The van der Waals surface area contributed by atoms with Crippen molar-refractivity contribution >= 4 is 28.5 Å². The number of hydrogen-bond acceptors (Lipinski definition) is 3. The highest BCUT2D eigenvalue weighted by molar-refractivity contribution is 6.31. The number of nitrogens with one attached hydrogen (secondary N) is 1. The molecule has 1 heterocycles. The van der Waals surface area contributed by atoms with Gasteiger partial charge in [0.15, 0.2) is 5.76 Å². The van der Waals surface area contributed by atoms with E-state index < -0.39 is 0 Å². The molecule has 0 fully saturated rings. The fourth-order valence-corrected chi connectivity index (χ4v) is 2.57. The minimum atomic E-state index is -0.235. The summed E-state index contributed by atoms with van der Waals surface area (Å²) in [5.74, 6) is 0.343. The molecule has 114 valence electrons. The van der Waals surface area contributed by atoms with Crippen LogP contribution < -0.4 is 5.32 Å². The summed E-state index contributed by atoms with van der Waals surface area (Å²) >= 11 is 5.91.